The standard InChI is InChI=1S/C15H21BN2O2/c1-14(2)15(3,4)20-16(19-14)13-6-5-11(10-18)9-12(13)7-8-17/h5-6,9H,7-8,17H2,1-4H3. The van der Waals surface area contributed by atoms with Crippen LogP contribution in [-0.2, 0) is 15.7 Å². The third-order valence-electron chi connectivity index (χ3n) is 4.19. The van der Waals surface area contributed by atoms with E-state index >= 15 is 0 Å². The molecule has 0 amide bonds. The number of hydrogen-bond acceptors (Lipinski definition) is 4. The Hall–Kier alpha value is -1.35. The Morgan fingerprint density at radius 2 is 1.80 bits per heavy atom. The van der Waals surface area contributed by atoms with Crippen molar-refractivity contribution >= 4 is 12.6 Å². The van der Waals surface area contributed by atoms with Crippen molar-refractivity contribution in [3.8, 4) is 6.07 Å². The molecule has 106 valence electrons. The third-order valence-corrected chi connectivity index (χ3v) is 4.19. The van der Waals surface area contributed by atoms with Crippen molar-refractivity contribution in [1.82, 2.24) is 0 Å². The summed E-state index contributed by atoms with van der Waals surface area (Å²) < 4.78 is 12.1. The molecule has 2 rings (SSSR count). The van der Waals surface area contributed by atoms with Gasteiger partial charge >= 0.3 is 7.12 Å². The van der Waals surface area contributed by atoms with Crippen LogP contribution >= 0.6 is 0 Å². The van der Waals surface area contributed by atoms with Crippen LogP contribution in [0.15, 0.2) is 18.2 Å². The van der Waals surface area contributed by atoms with E-state index < -0.39 is 7.12 Å². The molecule has 1 fully saturated rings. The lowest BCUT2D eigenvalue weighted by Crippen LogP contribution is -2.41. The van der Waals surface area contributed by atoms with Gasteiger partial charge in [-0.3, -0.25) is 0 Å². The lowest BCUT2D eigenvalue weighted by atomic mass is 9.75. The van der Waals surface area contributed by atoms with Gasteiger partial charge in [0.25, 0.3) is 0 Å². The summed E-state index contributed by atoms with van der Waals surface area (Å²) in [6.07, 6.45) is 0.703. The Morgan fingerprint density at radius 3 is 2.30 bits per heavy atom. The molecule has 1 aliphatic rings. The number of nitriles is 1. The molecule has 2 N–H and O–H groups in total. The number of rotatable bonds is 3. The van der Waals surface area contributed by atoms with Crippen LogP contribution < -0.4 is 11.2 Å². The second-order valence-electron chi connectivity index (χ2n) is 6.15. The first-order valence-electron chi connectivity index (χ1n) is 6.89. The number of hydrogen-bond donors (Lipinski definition) is 1. The number of benzene rings is 1. The molecule has 1 heterocycles. The normalized spacial score (nSPS) is 19.9. The zero-order valence-electron chi connectivity index (χ0n) is 12.6. The summed E-state index contributed by atoms with van der Waals surface area (Å²) in [4.78, 5) is 0. The number of nitrogens with zero attached hydrogens (tertiary/aromatic N) is 1. The van der Waals surface area contributed by atoms with Gasteiger partial charge in [0, 0.05) is 0 Å². The van der Waals surface area contributed by atoms with E-state index in [1.807, 2.05) is 39.8 Å². The molecule has 0 bridgehead atoms. The maximum absolute atomic E-state index is 9.01. The maximum Gasteiger partial charge on any atom is 0.495 e. The van der Waals surface area contributed by atoms with Crippen LogP contribution in [0.3, 0.4) is 0 Å². The quantitative estimate of drug-likeness (QED) is 0.843. The van der Waals surface area contributed by atoms with Crippen molar-refractivity contribution < 1.29 is 9.31 Å². The average Bonchev–Trinajstić information content (AvgIpc) is 2.58. The molecule has 1 aromatic carbocycles. The first kappa shape index (κ1) is 15.1. The van der Waals surface area contributed by atoms with E-state index in [-0.39, 0.29) is 11.2 Å². The average molecular weight is 272 g/mol. The summed E-state index contributed by atoms with van der Waals surface area (Å²) in [5, 5.41) is 9.01. The van der Waals surface area contributed by atoms with Crippen LogP contribution in [0.4, 0.5) is 0 Å². The second kappa shape index (κ2) is 5.21. The van der Waals surface area contributed by atoms with Crippen LogP contribution in [0.25, 0.3) is 0 Å². The summed E-state index contributed by atoms with van der Waals surface area (Å²) in [6, 6.07) is 7.72. The van der Waals surface area contributed by atoms with Crippen LogP contribution in [0.2, 0.25) is 0 Å². The zero-order chi connectivity index (χ0) is 15.0. The van der Waals surface area contributed by atoms with Gasteiger partial charge < -0.3 is 15.0 Å². The van der Waals surface area contributed by atoms with Gasteiger partial charge in [-0.15, -0.1) is 0 Å². The molecule has 0 aromatic heterocycles. The molecule has 20 heavy (non-hydrogen) atoms. The smallest absolute Gasteiger partial charge is 0.399 e. The molecule has 0 spiro atoms. The van der Waals surface area contributed by atoms with Crippen molar-refractivity contribution in [3.63, 3.8) is 0 Å². The summed E-state index contributed by atoms with van der Waals surface area (Å²) in [6.45, 7) is 8.64. The number of nitrogens with two attached hydrogens (primary N) is 1. The molecule has 0 unspecified atom stereocenters. The highest BCUT2D eigenvalue weighted by molar-refractivity contribution is 6.62. The summed E-state index contributed by atoms with van der Waals surface area (Å²) >= 11 is 0. The summed E-state index contributed by atoms with van der Waals surface area (Å²) in [5.74, 6) is 0. The molecule has 1 aliphatic heterocycles. The third kappa shape index (κ3) is 2.60. The Bertz CT molecular complexity index is 533. The lowest BCUT2D eigenvalue weighted by molar-refractivity contribution is 0.00578. The predicted molar refractivity (Wildman–Crippen MR) is 79.6 cm³/mol. The topological polar surface area (TPSA) is 68.3 Å². The minimum atomic E-state index is -0.408. The fourth-order valence-corrected chi connectivity index (χ4v) is 2.25. The van der Waals surface area contributed by atoms with Gasteiger partial charge in [-0.25, -0.2) is 0 Å². The molecule has 0 saturated carbocycles. The highest BCUT2D eigenvalue weighted by Crippen LogP contribution is 2.36. The van der Waals surface area contributed by atoms with Gasteiger partial charge in [-0.05, 0) is 63.8 Å². The summed E-state index contributed by atoms with van der Waals surface area (Å²) in [7, 11) is -0.408. The predicted octanol–water partition coefficient (Wildman–Crippen LogP) is 1.36. The van der Waals surface area contributed by atoms with E-state index in [9.17, 15) is 0 Å². The Balaban J connectivity index is 2.37. The second-order valence-corrected chi connectivity index (χ2v) is 6.15. The van der Waals surface area contributed by atoms with Gasteiger partial charge in [0.05, 0.1) is 22.8 Å². The van der Waals surface area contributed by atoms with Crippen LogP contribution in [0.5, 0.6) is 0 Å². The molecule has 0 radical (unpaired) electrons. The monoisotopic (exact) mass is 272 g/mol. The maximum atomic E-state index is 9.01. The highest BCUT2D eigenvalue weighted by Gasteiger charge is 2.52. The highest BCUT2D eigenvalue weighted by atomic mass is 16.7. The van der Waals surface area contributed by atoms with E-state index in [1.165, 1.54) is 0 Å². The van der Waals surface area contributed by atoms with E-state index in [0.29, 0.717) is 18.5 Å². The van der Waals surface area contributed by atoms with Crippen LogP contribution in [-0.4, -0.2) is 24.9 Å². The van der Waals surface area contributed by atoms with Crippen LogP contribution in [0.1, 0.15) is 38.8 Å². The summed E-state index contributed by atoms with van der Waals surface area (Å²) in [5.41, 5.74) is 7.54. The molecule has 0 aliphatic carbocycles. The fourth-order valence-electron chi connectivity index (χ4n) is 2.25. The van der Waals surface area contributed by atoms with Crippen molar-refractivity contribution in [3.05, 3.63) is 29.3 Å². The molecule has 5 heteroatoms. The molecular weight excluding hydrogens is 251 g/mol. The Morgan fingerprint density at radius 1 is 1.20 bits per heavy atom. The van der Waals surface area contributed by atoms with Crippen molar-refractivity contribution in [2.45, 2.75) is 45.3 Å². The van der Waals surface area contributed by atoms with Gasteiger partial charge in [-0.1, -0.05) is 6.07 Å². The fraction of sp³-hybridized carbons (Fsp3) is 0.533. The van der Waals surface area contributed by atoms with Gasteiger partial charge in [0.1, 0.15) is 0 Å². The Labute approximate surface area is 121 Å². The first-order valence-corrected chi connectivity index (χ1v) is 6.89. The SMILES string of the molecule is CC1(C)OB(c2ccc(C#N)cc2CCN)OC1(C)C. The van der Waals surface area contributed by atoms with Crippen molar-refractivity contribution in [1.29, 1.82) is 5.26 Å². The largest absolute Gasteiger partial charge is 0.495 e. The minimum absolute atomic E-state index is 0.369. The van der Waals surface area contributed by atoms with E-state index in [1.54, 1.807) is 6.07 Å². The minimum Gasteiger partial charge on any atom is -0.399 e. The molecule has 1 saturated heterocycles. The van der Waals surface area contributed by atoms with Crippen LogP contribution in [0, 0.1) is 11.3 Å². The first-order chi connectivity index (χ1) is 9.30. The Kier molecular flexibility index (Phi) is 3.92. The van der Waals surface area contributed by atoms with Gasteiger partial charge in [0.2, 0.25) is 0 Å². The lowest BCUT2D eigenvalue weighted by Gasteiger charge is -2.32. The van der Waals surface area contributed by atoms with Crippen molar-refractivity contribution in [2.24, 2.45) is 5.73 Å². The van der Waals surface area contributed by atoms with Gasteiger partial charge in [0.15, 0.2) is 0 Å². The van der Waals surface area contributed by atoms with E-state index in [2.05, 4.69) is 6.07 Å². The molecular formula is C15H21BN2O2. The molecule has 1 aromatic rings. The molecule has 0 atom stereocenters. The van der Waals surface area contributed by atoms with E-state index in [4.69, 9.17) is 20.3 Å². The van der Waals surface area contributed by atoms with Gasteiger partial charge in [-0.2, -0.15) is 5.26 Å². The zero-order valence-corrected chi connectivity index (χ0v) is 12.6. The van der Waals surface area contributed by atoms with E-state index in [0.717, 1.165) is 11.0 Å². The van der Waals surface area contributed by atoms with Crippen molar-refractivity contribution in [2.75, 3.05) is 6.54 Å². The molecule has 4 nitrogen and oxygen atoms in total.